The van der Waals surface area contributed by atoms with Crippen LogP contribution in [0.3, 0.4) is 0 Å². The molecule has 1 aromatic heterocycles. The molecule has 0 spiro atoms. The van der Waals surface area contributed by atoms with Gasteiger partial charge in [-0.25, -0.2) is 0 Å². The Morgan fingerprint density at radius 1 is 1.30 bits per heavy atom. The van der Waals surface area contributed by atoms with E-state index < -0.39 is 0 Å². The number of nitrogens with zero attached hydrogens (tertiary/aromatic N) is 2. The van der Waals surface area contributed by atoms with Crippen molar-refractivity contribution in [2.24, 2.45) is 0 Å². The van der Waals surface area contributed by atoms with Gasteiger partial charge in [0, 0.05) is 38.2 Å². The van der Waals surface area contributed by atoms with Crippen LogP contribution in [0.1, 0.15) is 39.0 Å². The van der Waals surface area contributed by atoms with Gasteiger partial charge >= 0.3 is 0 Å². The molecule has 1 N–H and O–H groups in total. The average Bonchev–Trinajstić information content (AvgIpc) is 3.25. The third kappa shape index (κ3) is 3.78. The van der Waals surface area contributed by atoms with Crippen molar-refractivity contribution in [3.63, 3.8) is 0 Å². The highest BCUT2D eigenvalue weighted by Crippen LogP contribution is 2.33. The maximum absolute atomic E-state index is 12.6. The summed E-state index contributed by atoms with van der Waals surface area (Å²) in [7, 11) is 0. The summed E-state index contributed by atoms with van der Waals surface area (Å²) in [5.41, 5.74) is -0.119. The lowest BCUT2D eigenvalue weighted by Crippen LogP contribution is -2.45. The summed E-state index contributed by atoms with van der Waals surface area (Å²) < 4.78 is 7.73. The van der Waals surface area contributed by atoms with Crippen molar-refractivity contribution < 1.29 is 9.53 Å². The molecule has 5 heteroatoms. The van der Waals surface area contributed by atoms with Gasteiger partial charge in [-0.15, -0.1) is 0 Å². The summed E-state index contributed by atoms with van der Waals surface area (Å²) in [6.07, 6.45) is 8.95. The largest absolute Gasteiger partial charge is 0.381 e. The lowest BCUT2D eigenvalue weighted by atomic mass is 9.86. The molecule has 3 rings (SSSR count). The molecule has 1 unspecified atom stereocenters. The zero-order chi connectivity index (χ0) is 16.1. The fraction of sp³-hybridized carbons (Fsp3) is 0.722. The minimum absolute atomic E-state index is 0.119. The van der Waals surface area contributed by atoms with Crippen LogP contribution in [0, 0.1) is 0 Å². The number of likely N-dealkylation sites (tertiary alicyclic amines) is 1. The minimum Gasteiger partial charge on any atom is -0.381 e. The van der Waals surface area contributed by atoms with Gasteiger partial charge in [0.25, 0.3) is 0 Å². The molecule has 1 amide bonds. The van der Waals surface area contributed by atoms with Crippen LogP contribution in [0.2, 0.25) is 0 Å². The predicted molar refractivity (Wildman–Crippen MR) is 90.4 cm³/mol. The van der Waals surface area contributed by atoms with E-state index in [-0.39, 0.29) is 11.4 Å². The summed E-state index contributed by atoms with van der Waals surface area (Å²) in [4.78, 5) is 15.0. The van der Waals surface area contributed by atoms with Crippen LogP contribution in [0.25, 0.3) is 0 Å². The Hall–Kier alpha value is -1.33. The van der Waals surface area contributed by atoms with Crippen LogP contribution in [0.15, 0.2) is 24.5 Å². The van der Waals surface area contributed by atoms with Crippen LogP contribution in [-0.4, -0.2) is 54.3 Å². The summed E-state index contributed by atoms with van der Waals surface area (Å²) >= 11 is 0. The summed E-state index contributed by atoms with van der Waals surface area (Å²) in [5.74, 6) is 0.170. The minimum atomic E-state index is -0.119. The van der Waals surface area contributed by atoms with Gasteiger partial charge in [-0.3, -0.25) is 9.69 Å². The van der Waals surface area contributed by atoms with Gasteiger partial charge in [-0.2, -0.15) is 0 Å². The molecule has 5 nitrogen and oxygen atoms in total. The topological polar surface area (TPSA) is 46.5 Å². The van der Waals surface area contributed by atoms with Gasteiger partial charge in [-0.1, -0.05) is 6.92 Å². The number of carbonyl (C=O) groups is 1. The van der Waals surface area contributed by atoms with Crippen LogP contribution in [0.5, 0.6) is 0 Å². The summed E-state index contributed by atoms with van der Waals surface area (Å²) in [6.45, 7) is 6.69. The highest BCUT2D eigenvalue weighted by atomic mass is 16.5. The van der Waals surface area contributed by atoms with E-state index in [1.165, 1.54) is 19.4 Å². The Balaban J connectivity index is 1.58. The Morgan fingerprint density at radius 2 is 2.04 bits per heavy atom. The van der Waals surface area contributed by atoms with Crippen molar-refractivity contribution in [2.75, 3.05) is 32.8 Å². The summed E-state index contributed by atoms with van der Waals surface area (Å²) in [5, 5.41) is 3.19. The zero-order valence-electron chi connectivity index (χ0n) is 14.2. The second-order valence-corrected chi connectivity index (χ2v) is 6.83. The van der Waals surface area contributed by atoms with Crippen LogP contribution >= 0.6 is 0 Å². The van der Waals surface area contributed by atoms with E-state index in [0.717, 1.165) is 39.1 Å². The number of hydrogen-bond donors (Lipinski definition) is 1. The molecule has 0 saturated carbocycles. The molecule has 2 aliphatic rings. The van der Waals surface area contributed by atoms with E-state index in [2.05, 4.69) is 34.1 Å². The fourth-order valence-corrected chi connectivity index (χ4v) is 4.06. The maximum Gasteiger partial charge on any atom is 0.222 e. The first-order chi connectivity index (χ1) is 11.2. The molecular weight excluding hydrogens is 290 g/mol. The van der Waals surface area contributed by atoms with Crippen molar-refractivity contribution in [3.8, 4) is 0 Å². The molecule has 1 aromatic rings. The average molecular weight is 319 g/mol. The highest BCUT2D eigenvalue weighted by Gasteiger charge is 2.36. The van der Waals surface area contributed by atoms with Crippen LogP contribution in [-0.2, 0) is 15.1 Å². The van der Waals surface area contributed by atoms with Crippen molar-refractivity contribution >= 4 is 5.91 Å². The quantitative estimate of drug-likeness (QED) is 0.872. The monoisotopic (exact) mass is 319 g/mol. The molecule has 2 saturated heterocycles. The standard InChI is InChI=1S/C18H29N3O2/c1-2-20-9-5-6-16(20)15-19-17(22)14-18(7-12-23-13-8-18)21-10-3-4-11-21/h3-4,10-11,16H,2,5-9,12-15H2,1H3,(H,19,22). The van der Waals surface area contributed by atoms with E-state index in [0.29, 0.717) is 12.5 Å². The second-order valence-electron chi connectivity index (χ2n) is 6.83. The van der Waals surface area contributed by atoms with Crippen LogP contribution < -0.4 is 5.32 Å². The SMILES string of the molecule is CCN1CCCC1CNC(=O)CC1(n2cccc2)CCOCC1. The third-order valence-corrected chi connectivity index (χ3v) is 5.51. The number of rotatable bonds is 6. The normalized spacial score (nSPS) is 24.7. The molecule has 0 radical (unpaired) electrons. The number of hydrogen-bond acceptors (Lipinski definition) is 3. The number of amides is 1. The first-order valence-corrected chi connectivity index (χ1v) is 8.95. The van der Waals surface area contributed by atoms with E-state index >= 15 is 0 Å². The number of carbonyl (C=O) groups excluding carboxylic acids is 1. The lowest BCUT2D eigenvalue weighted by molar-refractivity contribution is -0.124. The molecule has 0 aliphatic carbocycles. The Kier molecular flexibility index (Phi) is 5.38. The third-order valence-electron chi connectivity index (χ3n) is 5.51. The zero-order valence-corrected chi connectivity index (χ0v) is 14.2. The molecule has 0 aromatic carbocycles. The number of ether oxygens (including phenoxy) is 1. The molecule has 1 atom stereocenters. The number of nitrogens with one attached hydrogen (secondary N) is 1. The van der Waals surface area contributed by atoms with Crippen LogP contribution in [0.4, 0.5) is 0 Å². The molecule has 2 aliphatic heterocycles. The van der Waals surface area contributed by atoms with Gasteiger partial charge in [0.1, 0.15) is 0 Å². The van der Waals surface area contributed by atoms with E-state index in [1.807, 2.05) is 12.1 Å². The molecule has 0 bridgehead atoms. The van der Waals surface area contributed by atoms with Gasteiger partial charge in [0.15, 0.2) is 0 Å². The molecule has 128 valence electrons. The van der Waals surface area contributed by atoms with E-state index in [9.17, 15) is 4.79 Å². The second kappa shape index (κ2) is 7.49. The molecule has 23 heavy (non-hydrogen) atoms. The smallest absolute Gasteiger partial charge is 0.222 e. The summed E-state index contributed by atoms with van der Waals surface area (Å²) in [6, 6.07) is 4.58. The van der Waals surface area contributed by atoms with Gasteiger partial charge < -0.3 is 14.6 Å². The molecule has 2 fully saturated rings. The molecular formula is C18H29N3O2. The van der Waals surface area contributed by atoms with Crippen molar-refractivity contribution in [1.82, 2.24) is 14.8 Å². The molecule has 3 heterocycles. The fourth-order valence-electron chi connectivity index (χ4n) is 4.06. The van der Waals surface area contributed by atoms with Crippen molar-refractivity contribution in [1.29, 1.82) is 0 Å². The number of likely N-dealkylation sites (N-methyl/N-ethyl adjacent to an activating group) is 1. The predicted octanol–water partition coefficient (Wildman–Crippen LogP) is 1.98. The Labute approximate surface area is 139 Å². The van der Waals surface area contributed by atoms with E-state index in [4.69, 9.17) is 4.74 Å². The Morgan fingerprint density at radius 3 is 2.74 bits per heavy atom. The highest BCUT2D eigenvalue weighted by molar-refractivity contribution is 5.77. The first kappa shape index (κ1) is 16.5. The van der Waals surface area contributed by atoms with Crippen molar-refractivity contribution in [2.45, 2.75) is 50.6 Å². The van der Waals surface area contributed by atoms with Gasteiger partial charge in [-0.05, 0) is 50.9 Å². The van der Waals surface area contributed by atoms with Gasteiger partial charge in [0.05, 0.1) is 12.0 Å². The van der Waals surface area contributed by atoms with Gasteiger partial charge in [0.2, 0.25) is 5.91 Å². The lowest BCUT2D eigenvalue weighted by Gasteiger charge is -2.38. The first-order valence-electron chi connectivity index (χ1n) is 8.95. The Bertz CT molecular complexity index is 494. The van der Waals surface area contributed by atoms with E-state index in [1.54, 1.807) is 0 Å². The van der Waals surface area contributed by atoms with Crippen molar-refractivity contribution in [3.05, 3.63) is 24.5 Å². The number of aromatic nitrogens is 1. The maximum atomic E-state index is 12.6.